The lowest BCUT2D eigenvalue weighted by Gasteiger charge is -2.17. The summed E-state index contributed by atoms with van der Waals surface area (Å²) in [5.41, 5.74) is 2.10. The van der Waals surface area contributed by atoms with Crippen molar-refractivity contribution >= 4 is 34.4 Å². The standard InChI is InChI=1S/C16H23ClN2OS/c1-4-20-14-7-5-6-13-16(14)18-15(8-10-17)19(13)12(2)9-11-21-3/h5-7,12H,4,8-11H2,1-3H3. The first-order chi connectivity index (χ1) is 10.2. The van der Waals surface area contributed by atoms with E-state index in [1.54, 1.807) is 0 Å². The number of halogens is 1. The molecule has 0 amide bonds. The number of hydrogen-bond acceptors (Lipinski definition) is 3. The molecular weight excluding hydrogens is 304 g/mol. The molecule has 3 nitrogen and oxygen atoms in total. The number of hydrogen-bond donors (Lipinski definition) is 0. The molecule has 0 aliphatic heterocycles. The molecule has 0 saturated heterocycles. The maximum absolute atomic E-state index is 5.96. The van der Waals surface area contributed by atoms with Gasteiger partial charge in [-0.25, -0.2) is 4.98 Å². The van der Waals surface area contributed by atoms with Crippen LogP contribution in [0.2, 0.25) is 0 Å². The summed E-state index contributed by atoms with van der Waals surface area (Å²) in [6.07, 6.45) is 4.05. The Morgan fingerprint density at radius 2 is 2.24 bits per heavy atom. The Bertz CT molecular complexity index is 585. The largest absolute Gasteiger partial charge is 0.492 e. The number of ether oxygens (including phenoxy) is 1. The van der Waals surface area contributed by atoms with Crippen molar-refractivity contribution in [1.29, 1.82) is 0 Å². The average Bonchev–Trinajstić information content (AvgIpc) is 2.85. The number of benzene rings is 1. The summed E-state index contributed by atoms with van der Waals surface area (Å²) in [6, 6.07) is 6.56. The van der Waals surface area contributed by atoms with Gasteiger partial charge in [-0.15, -0.1) is 11.6 Å². The topological polar surface area (TPSA) is 27.1 Å². The second kappa shape index (κ2) is 7.95. The van der Waals surface area contributed by atoms with Gasteiger partial charge in [0.05, 0.1) is 12.1 Å². The smallest absolute Gasteiger partial charge is 0.147 e. The Morgan fingerprint density at radius 1 is 1.43 bits per heavy atom. The normalized spacial score (nSPS) is 12.8. The van der Waals surface area contributed by atoms with Crippen LogP contribution in [0.4, 0.5) is 0 Å². The molecule has 2 rings (SSSR count). The highest BCUT2D eigenvalue weighted by Crippen LogP contribution is 2.30. The van der Waals surface area contributed by atoms with Crippen LogP contribution in [0.25, 0.3) is 11.0 Å². The predicted molar refractivity (Wildman–Crippen MR) is 93.0 cm³/mol. The van der Waals surface area contributed by atoms with E-state index in [2.05, 4.69) is 23.8 Å². The Balaban J connectivity index is 2.49. The molecule has 116 valence electrons. The van der Waals surface area contributed by atoms with E-state index < -0.39 is 0 Å². The van der Waals surface area contributed by atoms with Crippen molar-refractivity contribution in [3.05, 3.63) is 24.0 Å². The van der Waals surface area contributed by atoms with Crippen LogP contribution in [0, 0.1) is 0 Å². The second-order valence-corrected chi connectivity index (χ2v) is 6.39. The fraction of sp³-hybridized carbons (Fsp3) is 0.562. The predicted octanol–water partition coefficient (Wildman–Crippen LogP) is 4.53. The summed E-state index contributed by atoms with van der Waals surface area (Å²) in [6.45, 7) is 4.90. The van der Waals surface area contributed by atoms with E-state index in [-0.39, 0.29) is 0 Å². The molecule has 21 heavy (non-hydrogen) atoms. The summed E-state index contributed by atoms with van der Waals surface area (Å²) < 4.78 is 8.04. The summed E-state index contributed by atoms with van der Waals surface area (Å²) in [7, 11) is 0. The number of aromatic nitrogens is 2. The number of imidazole rings is 1. The fourth-order valence-corrected chi connectivity index (χ4v) is 3.33. The minimum atomic E-state index is 0.414. The number of nitrogens with zero attached hydrogens (tertiary/aromatic N) is 2. The highest BCUT2D eigenvalue weighted by Gasteiger charge is 2.17. The van der Waals surface area contributed by atoms with Crippen molar-refractivity contribution in [2.24, 2.45) is 0 Å². The molecule has 1 atom stereocenters. The highest BCUT2D eigenvalue weighted by molar-refractivity contribution is 7.98. The molecular formula is C16H23ClN2OS. The third kappa shape index (κ3) is 3.67. The Labute approximate surface area is 136 Å². The number of alkyl halides is 1. The Hall–Kier alpha value is -0.870. The van der Waals surface area contributed by atoms with Crippen LogP contribution in [0.1, 0.15) is 32.1 Å². The third-order valence-electron chi connectivity index (χ3n) is 3.55. The van der Waals surface area contributed by atoms with Gasteiger partial charge in [0.25, 0.3) is 0 Å². The van der Waals surface area contributed by atoms with E-state index in [1.165, 1.54) is 0 Å². The number of fused-ring (bicyclic) bond motifs is 1. The van der Waals surface area contributed by atoms with Gasteiger partial charge in [-0.1, -0.05) is 6.07 Å². The van der Waals surface area contributed by atoms with Gasteiger partial charge in [0.1, 0.15) is 17.1 Å². The van der Waals surface area contributed by atoms with Gasteiger partial charge in [-0.3, -0.25) is 0 Å². The number of thioether (sulfide) groups is 1. The van der Waals surface area contributed by atoms with E-state index in [0.717, 1.165) is 41.2 Å². The number of aryl methyl sites for hydroxylation is 1. The van der Waals surface area contributed by atoms with E-state index >= 15 is 0 Å². The monoisotopic (exact) mass is 326 g/mol. The molecule has 0 fully saturated rings. The fourth-order valence-electron chi connectivity index (χ4n) is 2.58. The van der Waals surface area contributed by atoms with Crippen LogP contribution in [-0.4, -0.2) is 34.0 Å². The zero-order valence-corrected chi connectivity index (χ0v) is 14.5. The van der Waals surface area contributed by atoms with Crippen LogP contribution in [0.5, 0.6) is 5.75 Å². The number of para-hydroxylation sites is 1. The van der Waals surface area contributed by atoms with Crippen LogP contribution >= 0.6 is 23.4 Å². The molecule has 0 radical (unpaired) electrons. The van der Waals surface area contributed by atoms with Crippen molar-refractivity contribution in [2.45, 2.75) is 32.7 Å². The summed E-state index contributed by atoms with van der Waals surface area (Å²) in [5, 5.41) is 0. The van der Waals surface area contributed by atoms with Gasteiger partial charge >= 0.3 is 0 Å². The van der Waals surface area contributed by atoms with Gasteiger partial charge in [0.2, 0.25) is 0 Å². The first-order valence-corrected chi connectivity index (χ1v) is 9.33. The molecule has 5 heteroatoms. The first-order valence-electron chi connectivity index (χ1n) is 7.40. The molecule has 0 bridgehead atoms. The SMILES string of the molecule is CCOc1cccc2c1nc(CCCl)n2C(C)CCSC. The molecule has 0 aliphatic rings. The van der Waals surface area contributed by atoms with Gasteiger partial charge in [0, 0.05) is 18.3 Å². The Kier molecular flexibility index (Phi) is 6.24. The Morgan fingerprint density at radius 3 is 2.90 bits per heavy atom. The lowest BCUT2D eigenvalue weighted by molar-refractivity contribution is 0.343. The van der Waals surface area contributed by atoms with Crippen LogP contribution in [0.15, 0.2) is 18.2 Å². The van der Waals surface area contributed by atoms with E-state index in [1.807, 2.05) is 30.8 Å². The van der Waals surface area contributed by atoms with Crippen molar-refractivity contribution in [1.82, 2.24) is 9.55 Å². The summed E-state index contributed by atoms with van der Waals surface area (Å²) in [4.78, 5) is 4.80. The van der Waals surface area contributed by atoms with E-state index in [0.29, 0.717) is 18.5 Å². The maximum Gasteiger partial charge on any atom is 0.147 e. The maximum atomic E-state index is 5.96. The van der Waals surface area contributed by atoms with Gasteiger partial charge in [-0.2, -0.15) is 11.8 Å². The average molecular weight is 327 g/mol. The molecule has 1 aromatic heterocycles. The van der Waals surface area contributed by atoms with Crippen LogP contribution < -0.4 is 4.74 Å². The molecule has 0 N–H and O–H groups in total. The molecule has 0 spiro atoms. The minimum absolute atomic E-state index is 0.414. The minimum Gasteiger partial charge on any atom is -0.492 e. The molecule has 1 unspecified atom stereocenters. The van der Waals surface area contributed by atoms with Gasteiger partial charge in [-0.05, 0) is 44.4 Å². The molecule has 0 aliphatic carbocycles. The highest BCUT2D eigenvalue weighted by atomic mass is 35.5. The summed E-state index contributed by atoms with van der Waals surface area (Å²) in [5.74, 6) is 3.65. The molecule has 1 aromatic carbocycles. The van der Waals surface area contributed by atoms with E-state index in [9.17, 15) is 0 Å². The van der Waals surface area contributed by atoms with Gasteiger partial charge in [0.15, 0.2) is 0 Å². The van der Waals surface area contributed by atoms with Crippen LogP contribution in [-0.2, 0) is 6.42 Å². The van der Waals surface area contributed by atoms with E-state index in [4.69, 9.17) is 21.3 Å². The number of rotatable bonds is 8. The quantitative estimate of drug-likeness (QED) is 0.667. The first kappa shape index (κ1) is 16.5. The van der Waals surface area contributed by atoms with Crippen molar-refractivity contribution < 1.29 is 4.74 Å². The lowest BCUT2D eigenvalue weighted by Crippen LogP contribution is -2.10. The lowest BCUT2D eigenvalue weighted by atomic mass is 10.2. The van der Waals surface area contributed by atoms with Crippen molar-refractivity contribution in [3.63, 3.8) is 0 Å². The molecule has 2 aromatic rings. The zero-order chi connectivity index (χ0) is 15.2. The summed E-state index contributed by atoms with van der Waals surface area (Å²) >= 11 is 7.84. The second-order valence-electron chi connectivity index (χ2n) is 5.02. The van der Waals surface area contributed by atoms with Gasteiger partial charge < -0.3 is 9.30 Å². The third-order valence-corrected chi connectivity index (χ3v) is 4.39. The van der Waals surface area contributed by atoms with Crippen molar-refractivity contribution in [3.8, 4) is 5.75 Å². The molecule has 1 heterocycles. The molecule has 0 saturated carbocycles. The zero-order valence-electron chi connectivity index (χ0n) is 12.9. The van der Waals surface area contributed by atoms with Crippen molar-refractivity contribution in [2.75, 3.05) is 24.5 Å². The van der Waals surface area contributed by atoms with Crippen LogP contribution in [0.3, 0.4) is 0 Å².